The van der Waals surface area contributed by atoms with Crippen LogP contribution in [0.25, 0.3) is 0 Å². The molecule has 3 aromatic carbocycles. The van der Waals surface area contributed by atoms with Crippen molar-refractivity contribution in [2.45, 2.75) is 9.79 Å². The zero-order valence-electron chi connectivity index (χ0n) is 17.6. The van der Waals surface area contributed by atoms with Gasteiger partial charge < -0.3 is 19.5 Å². The van der Waals surface area contributed by atoms with Gasteiger partial charge >= 0.3 is 5.97 Å². The molecule has 0 aromatic heterocycles. The zero-order valence-corrected chi connectivity index (χ0v) is 18.4. The maximum Gasteiger partial charge on any atom is 0.338 e. The summed E-state index contributed by atoms with van der Waals surface area (Å²) in [7, 11) is -4.00. The first kappa shape index (κ1) is 21.7. The number of sulfone groups is 1. The number of anilines is 1. The highest BCUT2D eigenvalue weighted by molar-refractivity contribution is 7.91. The summed E-state index contributed by atoms with van der Waals surface area (Å²) in [6.45, 7) is 0.244. The molecule has 0 atom stereocenters. The largest absolute Gasteiger partial charge is 0.486 e. The molecular formula is C24H17NO8S. The normalized spacial score (nSPS) is 15.0. The number of rotatable bonds is 4. The van der Waals surface area contributed by atoms with Gasteiger partial charge in [0, 0.05) is 22.9 Å². The van der Waals surface area contributed by atoms with Gasteiger partial charge in [-0.3, -0.25) is 9.59 Å². The lowest BCUT2D eigenvalue weighted by Gasteiger charge is -2.19. The fourth-order valence-corrected chi connectivity index (χ4v) is 5.42. The molecule has 0 unspecified atom stereocenters. The summed E-state index contributed by atoms with van der Waals surface area (Å²) >= 11 is 0. The highest BCUT2D eigenvalue weighted by atomic mass is 32.2. The Morgan fingerprint density at radius 2 is 1.62 bits per heavy atom. The summed E-state index contributed by atoms with van der Waals surface area (Å²) in [5.74, 6) is -0.882. The van der Waals surface area contributed by atoms with E-state index in [2.05, 4.69) is 5.32 Å². The van der Waals surface area contributed by atoms with Gasteiger partial charge in [0.15, 0.2) is 23.9 Å². The first-order valence-corrected chi connectivity index (χ1v) is 11.7. The predicted molar refractivity (Wildman–Crippen MR) is 118 cm³/mol. The number of fused-ring (bicyclic) bond motifs is 3. The second-order valence-electron chi connectivity index (χ2n) is 7.52. The van der Waals surface area contributed by atoms with E-state index in [1.165, 1.54) is 30.3 Å². The SMILES string of the molecule is O=C(COC(=O)c1ccc2c(c1)S(=O)(=O)c1ccccc1C2=O)Nc1ccc2c(c1)OCCO2. The number of nitrogens with one attached hydrogen (secondary N) is 1. The van der Waals surface area contributed by atoms with Gasteiger partial charge in [0.25, 0.3) is 5.91 Å². The van der Waals surface area contributed by atoms with Crippen LogP contribution in [0.15, 0.2) is 70.5 Å². The minimum absolute atomic E-state index is 0.0217. The van der Waals surface area contributed by atoms with E-state index in [9.17, 15) is 22.8 Å². The van der Waals surface area contributed by atoms with Crippen molar-refractivity contribution < 1.29 is 37.0 Å². The van der Waals surface area contributed by atoms with Gasteiger partial charge in [-0.15, -0.1) is 0 Å². The van der Waals surface area contributed by atoms with Crippen LogP contribution in [-0.4, -0.2) is 45.9 Å². The molecule has 0 radical (unpaired) electrons. The van der Waals surface area contributed by atoms with Crippen LogP contribution < -0.4 is 14.8 Å². The summed E-state index contributed by atoms with van der Waals surface area (Å²) in [4.78, 5) is 37.0. The molecule has 0 spiro atoms. The molecule has 0 saturated heterocycles. The minimum Gasteiger partial charge on any atom is -0.486 e. The van der Waals surface area contributed by atoms with Crippen molar-refractivity contribution in [1.82, 2.24) is 0 Å². The molecule has 3 aromatic rings. The fraction of sp³-hybridized carbons (Fsp3) is 0.125. The van der Waals surface area contributed by atoms with Gasteiger partial charge in [-0.1, -0.05) is 12.1 Å². The first-order chi connectivity index (χ1) is 16.3. The van der Waals surface area contributed by atoms with Gasteiger partial charge in [-0.2, -0.15) is 0 Å². The van der Waals surface area contributed by atoms with Crippen molar-refractivity contribution >= 4 is 33.2 Å². The Balaban J connectivity index is 1.29. The third-order valence-electron chi connectivity index (χ3n) is 5.33. The molecule has 1 amide bonds. The van der Waals surface area contributed by atoms with Gasteiger partial charge in [0.1, 0.15) is 13.2 Å². The topological polar surface area (TPSA) is 125 Å². The zero-order chi connectivity index (χ0) is 23.9. The molecule has 1 N–H and O–H groups in total. The lowest BCUT2D eigenvalue weighted by molar-refractivity contribution is -0.119. The summed E-state index contributed by atoms with van der Waals surface area (Å²) < 4.78 is 41.9. The average Bonchev–Trinajstić information content (AvgIpc) is 2.86. The molecule has 10 heteroatoms. The Hall–Kier alpha value is -4.18. The molecule has 2 heterocycles. The second kappa shape index (κ2) is 8.31. The van der Waals surface area contributed by atoms with Crippen molar-refractivity contribution in [1.29, 1.82) is 0 Å². The number of carbonyl (C=O) groups excluding carboxylic acids is 3. The lowest BCUT2D eigenvalue weighted by atomic mass is 10.0. The molecule has 2 aliphatic heterocycles. The van der Waals surface area contributed by atoms with Gasteiger partial charge in [0.2, 0.25) is 9.84 Å². The van der Waals surface area contributed by atoms with E-state index in [4.69, 9.17) is 14.2 Å². The Labute approximate surface area is 194 Å². The lowest BCUT2D eigenvalue weighted by Crippen LogP contribution is -2.23. The van der Waals surface area contributed by atoms with Crippen LogP contribution in [0, 0.1) is 0 Å². The van der Waals surface area contributed by atoms with Crippen LogP contribution in [0.4, 0.5) is 5.69 Å². The van der Waals surface area contributed by atoms with E-state index >= 15 is 0 Å². The van der Waals surface area contributed by atoms with Crippen LogP contribution in [-0.2, 0) is 19.4 Å². The van der Waals surface area contributed by atoms with E-state index in [0.29, 0.717) is 30.4 Å². The van der Waals surface area contributed by atoms with E-state index in [-0.39, 0.29) is 26.5 Å². The number of amides is 1. The Morgan fingerprint density at radius 1 is 0.882 bits per heavy atom. The maximum atomic E-state index is 13.0. The van der Waals surface area contributed by atoms with Crippen molar-refractivity contribution in [3.8, 4) is 11.5 Å². The summed E-state index contributed by atoms with van der Waals surface area (Å²) in [6, 6.07) is 14.4. The fourth-order valence-electron chi connectivity index (χ4n) is 3.74. The van der Waals surface area contributed by atoms with Crippen LogP contribution >= 0.6 is 0 Å². The molecule has 0 bridgehead atoms. The smallest absolute Gasteiger partial charge is 0.338 e. The van der Waals surface area contributed by atoms with Crippen LogP contribution in [0.5, 0.6) is 11.5 Å². The Bertz CT molecular complexity index is 1460. The van der Waals surface area contributed by atoms with Crippen LogP contribution in [0.3, 0.4) is 0 Å². The summed E-state index contributed by atoms with van der Waals surface area (Å²) in [5.41, 5.74) is 0.400. The van der Waals surface area contributed by atoms with Gasteiger partial charge in [-0.05, 0) is 42.5 Å². The molecule has 0 fully saturated rings. The van der Waals surface area contributed by atoms with E-state index in [1.54, 1.807) is 24.3 Å². The minimum atomic E-state index is -4.00. The summed E-state index contributed by atoms with van der Waals surface area (Å²) in [6.07, 6.45) is 0. The van der Waals surface area contributed by atoms with Gasteiger partial charge in [0.05, 0.1) is 15.4 Å². The maximum absolute atomic E-state index is 13.0. The number of ketones is 1. The van der Waals surface area contributed by atoms with Crippen molar-refractivity contribution in [3.63, 3.8) is 0 Å². The molecule has 5 rings (SSSR count). The Kier molecular flexibility index (Phi) is 5.29. The van der Waals surface area contributed by atoms with E-state index in [0.717, 1.165) is 6.07 Å². The van der Waals surface area contributed by atoms with E-state index < -0.39 is 34.1 Å². The second-order valence-corrected chi connectivity index (χ2v) is 9.41. The quantitative estimate of drug-likeness (QED) is 0.443. The average molecular weight is 479 g/mol. The molecular weight excluding hydrogens is 462 g/mol. The third-order valence-corrected chi connectivity index (χ3v) is 7.18. The number of hydrogen-bond donors (Lipinski definition) is 1. The molecule has 2 aliphatic rings. The van der Waals surface area contributed by atoms with Crippen molar-refractivity contribution in [3.05, 3.63) is 77.4 Å². The number of esters is 1. The van der Waals surface area contributed by atoms with Gasteiger partial charge in [-0.25, -0.2) is 13.2 Å². The number of hydrogen-bond acceptors (Lipinski definition) is 8. The molecule has 0 saturated carbocycles. The van der Waals surface area contributed by atoms with Crippen LogP contribution in [0.1, 0.15) is 26.3 Å². The Morgan fingerprint density at radius 3 is 2.44 bits per heavy atom. The summed E-state index contributed by atoms with van der Waals surface area (Å²) in [5, 5.41) is 2.59. The number of ether oxygens (including phenoxy) is 3. The molecule has 9 nitrogen and oxygen atoms in total. The van der Waals surface area contributed by atoms with Crippen LogP contribution in [0.2, 0.25) is 0 Å². The van der Waals surface area contributed by atoms with Crippen molar-refractivity contribution in [2.75, 3.05) is 25.1 Å². The van der Waals surface area contributed by atoms with Crippen molar-refractivity contribution in [2.24, 2.45) is 0 Å². The molecule has 34 heavy (non-hydrogen) atoms. The molecule has 172 valence electrons. The van der Waals surface area contributed by atoms with E-state index in [1.807, 2.05) is 0 Å². The monoisotopic (exact) mass is 479 g/mol. The standard InChI is InChI=1S/C24H17NO8S/c26-22(25-15-6-8-18-19(12-15)32-10-9-31-18)13-33-24(28)14-5-7-17-21(11-14)34(29,30)20-4-2-1-3-16(20)23(17)27/h1-8,11-12H,9-10,13H2,(H,25,26). The first-order valence-electron chi connectivity index (χ1n) is 10.2. The molecule has 0 aliphatic carbocycles. The predicted octanol–water partition coefficient (Wildman–Crippen LogP) is 2.63. The highest BCUT2D eigenvalue weighted by Crippen LogP contribution is 2.35. The number of carbonyl (C=O) groups is 3. The highest BCUT2D eigenvalue weighted by Gasteiger charge is 2.35. The third kappa shape index (κ3) is 3.77. The number of benzene rings is 3.